The Labute approximate surface area is 168 Å². The van der Waals surface area contributed by atoms with E-state index < -0.39 is 0 Å². The Morgan fingerprint density at radius 1 is 0.793 bits per heavy atom. The van der Waals surface area contributed by atoms with E-state index in [4.69, 9.17) is 0 Å². The molecular formula is C22H22N4O3. The van der Waals surface area contributed by atoms with Crippen molar-refractivity contribution in [1.29, 1.82) is 0 Å². The van der Waals surface area contributed by atoms with E-state index in [9.17, 15) is 14.4 Å². The van der Waals surface area contributed by atoms with Crippen LogP contribution in [0.3, 0.4) is 0 Å². The third kappa shape index (κ3) is 5.55. The number of hydrogen-bond donors (Lipinski definition) is 4. The first-order chi connectivity index (χ1) is 14.0. The molecule has 29 heavy (non-hydrogen) atoms. The highest BCUT2D eigenvalue weighted by molar-refractivity contribution is 5.97. The molecule has 0 heterocycles. The minimum Gasteiger partial charge on any atom is -0.347 e. The lowest BCUT2D eigenvalue weighted by atomic mass is 10.0. The third-order valence-corrected chi connectivity index (χ3v) is 4.31. The van der Waals surface area contributed by atoms with Gasteiger partial charge in [0.25, 0.3) is 0 Å². The Morgan fingerprint density at radius 3 is 2.28 bits per heavy atom. The molecule has 7 nitrogen and oxygen atoms in total. The van der Waals surface area contributed by atoms with E-state index >= 15 is 0 Å². The number of carbonyl (C=O) groups excluding carboxylic acids is 3. The molecule has 4 N–H and O–H groups in total. The van der Waals surface area contributed by atoms with Crippen molar-refractivity contribution in [2.45, 2.75) is 6.42 Å². The van der Waals surface area contributed by atoms with Crippen molar-refractivity contribution in [2.75, 3.05) is 24.2 Å². The molecule has 0 fully saturated rings. The first-order valence-corrected chi connectivity index (χ1v) is 9.17. The molecule has 7 heteroatoms. The topological polar surface area (TPSA) is 99.3 Å². The molecule has 0 radical (unpaired) electrons. The minimum atomic E-state index is -0.353. The lowest BCUT2D eigenvalue weighted by Crippen LogP contribution is -2.33. The van der Waals surface area contributed by atoms with Gasteiger partial charge >= 0.3 is 6.03 Å². The standard InChI is InChI=1S/C22H22N4O3/c1-23-22(29)26-18-10-5-9-17(13-18)25-21(28)14-24-20(27)12-16-8-4-7-15-6-2-3-11-19(15)16/h2-11,13H,12,14H2,1H3,(H,24,27)(H,25,28)(H2,23,26,29). The summed E-state index contributed by atoms with van der Waals surface area (Å²) in [6.45, 7) is -0.142. The molecule has 0 bridgehead atoms. The first kappa shape index (κ1) is 19.9. The zero-order valence-electron chi connectivity index (χ0n) is 16.0. The van der Waals surface area contributed by atoms with Crippen LogP contribution in [0.4, 0.5) is 16.2 Å². The van der Waals surface area contributed by atoms with Crippen molar-refractivity contribution in [1.82, 2.24) is 10.6 Å². The van der Waals surface area contributed by atoms with E-state index in [1.165, 1.54) is 7.05 Å². The molecule has 0 spiro atoms. The molecule has 0 aliphatic carbocycles. The summed E-state index contributed by atoms with van der Waals surface area (Å²) in [5.74, 6) is -0.583. The van der Waals surface area contributed by atoms with Crippen LogP contribution in [0.25, 0.3) is 10.8 Å². The Kier molecular flexibility index (Phi) is 6.42. The summed E-state index contributed by atoms with van der Waals surface area (Å²) in [6, 6.07) is 20.1. The fourth-order valence-corrected chi connectivity index (χ4v) is 2.93. The summed E-state index contributed by atoms with van der Waals surface area (Å²) in [4.78, 5) is 35.8. The van der Waals surface area contributed by atoms with Gasteiger partial charge in [-0.05, 0) is 34.5 Å². The molecule has 0 atom stereocenters. The molecule has 0 unspecified atom stereocenters. The number of benzene rings is 3. The number of nitrogens with one attached hydrogen (secondary N) is 4. The van der Waals surface area contributed by atoms with Gasteiger partial charge in [-0.15, -0.1) is 0 Å². The van der Waals surface area contributed by atoms with E-state index in [-0.39, 0.29) is 30.8 Å². The quantitative estimate of drug-likeness (QED) is 0.521. The normalized spacial score (nSPS) is 10.2. The van der Waals surface area contributed by atoms with Gasteiger partial charge in [0.15, 0.2) is 0 Å². The summed E-state index contributed by atoms with van der Waals surface area (Å²) < 4.78 is 0. The van der Waals surface area contributed by atoms with E-state index in [2.05, 4.69) is 21.3 Å². The van der Waals surface area contributed by atoms with E-state index in [1.54, 1.807) is 24.3 Å². The van der Waals surface area contributed by atoms with Crippen molar-refractivity contribution >= 4 is 40.0 Å². The molecule has 148 valence electrons. The van der Waals surface area contributed by atoms with Crippen molar-refractivity contribution in [3.8, 4) is 0 Å². The van der Waals surface area contributed by atoms with Gasteiger partial charge in [0.2, 0.25) is 11.8 Å². The zero-order valence-corrected chi connectivity index (χ0v) is 16.0. The van der Waals surface area contributed by atoms with Gasteiger partial charge in [-0.1, -0.05) is 48.5 Å². The smallest absolute Gasteiger partial charge is 0.318 e. The average molecular weight is 390 g/mol. The highest BCUT2D eigenvalue weighted by Gasteiger charge is 2.09. The number of fused-ring (bicyclic) bond motifs is 1. The van der Waals surface area contributed by atoms with Gasteiger partial charge < -0.3 is 21.3 Å². The van der Waals surface area contributed by atoms with Gasteiger partial charge in [0.1, 0.15) is 0 Å². The monoisotopic (exact) mass is 390 g/mol. The third-order valence-electron chi connectivity index (χ3n) is 4.31. The number of amides is 4. The number of rotatable bonds is 6. The second kappa shape index (κ2) is 9.36. The van der Waals surface area contributed by atoms with Crippen LogP contribution in [-0.2, 0) is 16.0 Å². The zero-order chi connectivity index (χ0) is 20.6. The maximum Gasteiger partial charge on any atom is 0.318 e. The number of anilines is 2. The van der Waals surface area contributed by atoms with Crippen LogP contribution in [-0.4, -0.2) is 31.4 Å². The summed E-state index contributed by atoms with van der Waals surface area (Å²) in [7, 11) is 1.52. The van der Waals surface area contributed by atoms with Crippen LogP contribution in [0.2, 0.25) is 0 Å². The molecule has 0 saturated heterocycles. The fourth-order valence-electron chi connectivity index (χ4n) is 2.93. The largest absolute Gasteiger partial charge is 0.347 e. The summed E-state index contributed by atoms with van der Waals surface area (Å²) in [5.41, 5.74) is 1.98. The minimum absolute atomic E-state index is 0.142. The molecule has 0 aromatic heterocycles. The Hall–Kier alpha value is -3.87. The van der Waals surface area contributed by atoms with Crippen LogP contribution in [0.15, 0.2) is 66.7 Å². The van der Waals surface area contributed by atoms with E-state index in [0.717, 1.165) is 16.3 Å². The summed E-state index contributed by atoms with van der Waals surface area (Å²) >= 11 is 0. The molecule has 3 aromatic rings. The fraction of sp³-hybridized carbons (Fsp3) is 0.136. The van der Waals surface area contributed by atoms with Gasteiger partial charge in [0.05, 0.1) is 13.0 Å². The van der Waals surface area contributed by atoms with Crippen molar-refractivity contribution in [3.63, 3.8) is 0 Å². The van der Waals surface area contributed by atoms with Gasteiger partial charge in [-0.25, -0.2) is 4.79 Å². The van der Waals surface area contributed by atoms with Crippen molar-refractivity contribution in [2.24, 2.45) is 0 Å². The van der Waals surface area contributed by atoms with Crippen molar-refractivity contribution < 1.29 is 14.4 Å². The van der Waals surface area contributed by atoms with Gasteiger partial charge in [-0.2, -0.15) is 0 Å². The van der Waals surface area contributed by atoms with Crippen LogP contribution in [0, 0.1) is 0 Å². The predicted molar refractivity (Wildman–Crippen MR) is 114 cm³/mol. The van der Waals surface area contributed by atoms with E-state index in [0.29, 0.717) is 11.4 Å². The summed E-state index contributed by atoms with van der Waals surface area (Å²) in [6.07, 6.45) is 0.195. The predicted octanol–water partition coefficient (Wildman–Crippen LogP) is 2.89. The number of carbonyl (C=O) groups is 3. The number of hydrogen-bond acceptors (Lipinski definition) is 3. The lowest BCUT2D eigenvalue weighted by Gasteiger charge is -2.10. The molecule has 4 amide bonds. The average Bonchev–Trinajstić information content (AvgIpc) is 2.73. The SMILES string of the molecule is CNC(=O)Nc1cccc(NC(=O)CNC(=O)Cc2cccc3ccccc23)c1. The van der Waals surface area contributed by atoms with Crippen LogP contribution in [0.5, 0.6) is 0 Å². The maximum absolute atomic E-state index is 12.3. The molecule has 0 aliphatic heterocycles. The molecular weight excluding hydrogens is 368 g/mol. The molecule has 3 aromatic carbocycles. The maximum atomic E-state index is 12.3. The van der Waals surface area contributed by atoms with Gasteiger partial charge in [0, 0.05) is 18.4 Å². The molecule has 3 rings (SSSR count). The van der Waals surface area contributed by atoms with Crippen molar-refractivity contribution in [3.05, 3.63) is 72.3 Å². The number of urea groups is 1. The molecule has 0 aliphatic rings. The Balaban J connectivity index is 1.53. The lowest BCUT2D eigenvalue weighted by molar-refractivity contribution is -0.123. The van der Waals surface area contributed by atoms with Crippen LogP contribution < -0.4 is 21.3 Å². The van der Waals surface area contributed by atoms with Crippen LogP contribution >= 0.6 is 0 Å². The Morgan fingerprint density at radius 2 is 1.48 bits per heavy atom. The van der Waals surface area contributed by atoms with Gasteiger partial charge in [-0.3, -0.25) is 9.59 Å². The Bertz CT molecular complexity index is 1040. The van der Waals surface area contributed by atoms with E-state index in [1.807, 2.05) is 42.5 Å². The second-order valence-electron chi connectivity index (χ2n) is 6.42. The molecule has 0 saturated carbocycles. The van der Waals surface area contributed by atoms with Crippen LogP contribution in [0.1, 0.15) is 5.56 Å². The second-order valence-corrected chi connectivity index (χ2v) is 6.42. The summed E-state index contributed by atoms with van der Waals surface area (Å²) in [5, 5.41) is 12.5. The highest BCUT2D eigenvalue weighted by atomic mass is 16.2. The highest BCUT2D eigenvalue weighted by Crippen LogP contribution is 2.19. The first-order valence-electron chi connectivity index (χ1n) is 9.17.